The molecule has 0 aliphatic carbocycles. The molecule has 3 atom stereocenters. The number of fused-ring (bicyclic) bond motifs is 1. The average Bonchev–Trinajstić information content (AvgIpc) is 3.05. The second kappa shape index (κ2) is 7.00. The van der Waals surface area contributed by atoms with Crippen LogP contribution >= 0.6 is 0 Å². The molecule has 0 fully saturated rings. The Morgan fingerprint density at radius 1 is 1.26 bits per heavy atom. The van der Waals surface area contributed by atoms with Crippen molar-refractivity contribution in [1.82, 2.24) is 4.90 Å². The second-order valence-electron chi connectivity index (χ2n) is 5.97. The Kier molecular flexibility index (Phi) is 5.26. The van der Waals surface area contributed by atoms with Crippen molar-refractivity contribution >= 4 is 11.7 Å². The molecule has 1 aliphatic rings. The van der Waals surface area contributed by atoms with Crippen molar-refractivity contribution in [2.75, 3.05) is 13.8 Å². The molecule has 2 N–H and O–H groups in total. The second-order valence-corrected chi connectivity index (χ2v) is 5.97. The zero-order valence-electron chi connectivity index (χ0n) is 14.0. The van der Waals surface area contributed by atoms with Crippen LogP contribution in [-0.4, -0.2) is 42.5 Å². The van der Waals surface area contributed by atoms with Crippen molar-refractivity contribution in [1.29, 1.82) is 0 Å². The van der Waals surface area contributed by atoms with Gasteiger partial charge in [-0.1, -0.05) is 20.3 Å². The largest absolute Gasteiger partial charge is 0.454 e. The molecule has 1 aliphatic heterocycles. The van der Waals surface area contributed by atoms with Crippen LogP contribution in [0.3, 0.4) is 0 Å². The third-order valence-corrected chi connectivity index (χ3v) is 4.51. The highest BCUT2D eigenvalue weighted by Crippen LogP contribution is 2.33. The van der Waals surface area contributed by atoms with Gasteiger partial charge in [0, 0.05) is 12.6 Å². The molecular formula is C17H24N2O4. The third-order valence-electron chi connectivity index (χ3n) is 4.51. The van der Waals surface area contributed by atoms with Gasteiger partial charge >= 0.3 is 0 Å². The summed E-state index contributed by atoms with van der Waals surface area (Å²) in [5, 5.41) is 0. The van der Waals surface area contributed by atoms with Gasteiger partial charge in [0.05, 0.1) is 12.1 Å². The van der Waals surface area contributed by atoms with Crippen LogP contribution in [0.5, 0.6) is 11.5 Å². The quantitative estimate of drug-likeness (QED) is 0.809. The van der Waals surface area contributed by atoms with Gasteiger partial charge in [-0.05, 0) is 31.0 Å². The monoisotopic (exact) mass is 320 g/mol. The van der Waals surface area contributed by atoms with Crippen molar-refractivity contribution < 1.29 is 19.1 Å². The number of hydrogen-bond acceptors (Lipinski definition) is 5. The number of amides is 1. The lowest BCUT2D eigenvalue weighted by molar-refractivity contribution is -0.133. The molecule has 1 heterocycles. The molecule has 0 radical (unpaired) electrons. The molecule has 0 spiro atoms. The normalized spacial score (nSPS) is 16.6. The summed E-state index contributed by atoms with van der Waals surface area (Å²) in [5.41, 5.74) is 6.47. The van der Waals surface area contributed by atoms with Crippen LogP contribution < -0.4 is 15.2 Å². The number of carbonyl (C=O) groups is 2. The molecule has 0 saturated heterocycles. The van der Waals surface area contributed by atoms with Gasteiger partial charge in [-0.2, -0.15) is 0 Å². The Bertz CT molecular complexity index is 602. The lowest BCUT2D eigenvalue weighted by Gasteiger charge is -2.28. The van der Waals surface area contributed by atoms with E-state index in [9.17, 15) is 9.59 Å². The van der Waals surface area contributed by atoms with Crippen molar-refractivity contribution in [3.05, 3.63) is 23.8 Å². The van der Waals surface area contributed by atoms with Gasteiger partial charge in [0.2, 0.25) is 12.7 Å². The van der Waals surface area contributed by atoms with E-state index in [1.807, 2.05) is 13.8 Å². The molecule has 1 amide bonds. The van der Waals surface area contributed by atoms with Crippen LogP contribution in [0.4, 0.5) is 0 Å². The zero-order valence-corrected chi connectivity index (χ0v) is 14.0. The number of ketones is 1. The summed E-state index contributed by atoms with van der Waals surface area (Å²) >= 11 is 0. The number of carbonyl (C=O) groups excluding carboxylic acids is 2. The fourth-order valence-corrected chi connectivity index (χ4v) is 2.39. The Hall–Kier alpha value is -2.08. The Balaban J connectivity index is 2.11. The minimum absolute atomic E-state index is 0.0674. The average molecular weight is 320 g/mol. The topological polar surface area (TPSA) is 81.9 Å². The first-order valence-corrected chi connectivity index (χ1v) is 7.82. The van der Waals surface area contributed by atoms with E-state index in [0.29, 0.717) is 17.1 Å². The summed E-state index contributed by atoms with van der Waals surface area (Å²) in [5.74, 6) is 0.861. The highest BCUT2D eigenvalue weighted by atomic mass is 16.7. The lowest BCUT2D eigenvalue weighted by atomic mass is 9.97. The minimum Gasteiger partial charge on any atom is -0.454 e. The maximum atomic E-state index is 12.6. The van der Waals surface area contributed by atoms with Crippen LogP contribution in [-0.2, 0) is 4.79 Å². The van der Waals surface area contributed by atoms with Crippen LogP contribution in [0, 0.1) is 5.92 Å². The van der Waals surface area contributed by atoms with Gasteiger partial charge in [0.15, 0.2) is 17.3 Å². The molecule has 0 bridgehead atoms. The van der Waals surface area contributed by atoms with E-state index in [-0.39, 0.29) is 24.4 Å². The number of rotatable bonds is 6. The predicted molar refractivity (Wildman–Crippen MR) is 86.6 cm³/mol. The van der Waals surface area contributed by atoms with E-state index < -0.39 is 12.1 Å². The van der Waals surface area contributed by atoms with Crippen LogP contribution in [0.15, 0.2) is 18.2 Å². The Morgan fingerprint density at radius 3 is 2.57 bits per heavy atom. The van der Waals surface area contributed by atoms with Crippen molar-refractivity contribution in [2.45, 2.75) is 39.3 Å². The summed E-state index contributed by atoms with van der Waals surface area (Å²) in [4.78, 5) is 26.5. The Morgan fingerprint density at radius 2 is 1.91 bits per heavy atom. The maximum absolute atomic E-state index is 12.6. The first-order chi connectivity index (χ1) is 10.9. The third kappa shape index (κ3) is 3.47. The number of benzene rings is 1. The van der Waals surface area contributed by atoms with Gasteiger partial charge in [0.25, 0.3) is 0 Å². The molecule has 0 saturated carbocycles. The van der Waals surface area contributed by atoms with E-state index in [0.717, 1.165) is 6.42 Å². The van der Waals surface area contributed by atoms with Gasteiger partial charge in [-0.25, -0.2) is 0 Å². The maximum Gasteiger partial charge on any atom is 0.240 e. The number of hydrogen-bond donors (Lipinski definition) is 1. The number of nitrogens with two attached hydrogens (primary N) is 1. The van der Waals surface area contributed by atoms with Gasteiger partial charge < -0.3 is 20.1 Å². The predicted octanol–water partition coefficient (Wildman–Crippen LogP) is 1.82. The van der Waals surface area contributed by atoms with Crippen molar-refractivity contribution in [2.24, 2.45) is 11.7 Å². The first kappa shape index (κ1) is 17.3. The van der Waals surface area contributed by atoms with Gasteiger partial charge in [0.1, 0.15) is 0 Å². The molecule has 1 aromatic rings. The van der Waals surface area contributed by atoms with E-state index in [1.165, 1.54) is 4.90 Å². The zero-order chi connectivity index (χ0) is 17.1. The fraction of sp³-hybridized carbons (Fsp3) is 0.529. The highest BCUT2D eigenvalue weighted by Gasteiger charge is 2.29. The minimum atomic E-state index is -0.600. The fourth-order valence-electron chi connectivity index (χ4n) is 2.39. The standard InChI is InChI=1S/C17H24N2O4/c1-5-10(2)15(18)17(21)19(4)11(3)16(20)12-6-7-13-14(8-12)23-9-22-13/h6-8,10-11,15H,5,9,18H2,1-4H3/t10-,11-,15-/m0/s1. The number of Topliss-reactive ketones (excluding diaryl/α,β-unsaturated/α-hetero) is 1. The summed E-state index contributed by atoms with van der Waals surface area (Å²) in [6.07, 6.45) is 0.811. The summed E-state index contributed by atoms with van der Waals surface area (Å²) in [7, 11) is 1.61. The molecular weight excluding hydrogens is 296 g/mol. The van der Waals surface area contributed by atoms with Gasteiger partial charge in [-0.15, -0.1) is 0 Å². The van der Waals surface area contributed by atoms with Crippen LogP contribution in [0.2, 0.25) is 0 Å². The van der Waals surface area contributed by atoms with E-state index >= 15 is 0 Å². The smallest absolute Gasteiger partial charge is 0.240 e. The molecule has 0 unspecified atom stereocenters. The SMILES string of the molecule is CC[C@H](C)[C@H](N)C(=O)N(C)[C@@H](C)C(=O)c1ccc2c(c1)OCO2. The molecule has 6 heteroatoms. The first-order valence-electron chi connectivity index (χ1n) is 7.82. The van der Waals surface area contributed by atoms with E-state index in [4.69, 9.17) is 15.2 Å². The summed E-state index contributed by atoms with van der Waals surface area (Å²) < 4.78 is 10.5. The van der Waals surface area contributed by atoms with E-state index in [2.05, 4.69) is 0 Å². The van der Waals surface area contributed by atoms with Gasteiger partial charge in [-0.3, -0.25) is 9.59 Å². The number of nitrogens with zero attached hydrogens (tertiary/aromatic N) is 1. The Labute approximate surface area is 136 Å². The van der Waals surface area contributed by atoms with Crippen LogP contribution in [0.1, 0.15) is 37.6 Å². The van der Waals surface area contributed by atoms with E-state index in [1.54, 1.807) is 32.2 Å². The molecule has 0 aromatic heterocycles. The molecule has 126 valence electrons. The molecule has 1 aromatic carbocycles. The molecule has 2 rings (SSSR count). The molecule has 6 nitrogen and oxygen atoms in total. The number of likely N-dealkylation sites (N-methyl/N-ethyl adjacent to an activating group) is 1. The highest BCUT2D eigenvalue weighted by molar-refractivity contribution is 6.02. The summed E-state index contributed by atoms with van der Waals surface area (Å²) in [6.45, 7) is 5.78. The lowest BCUT2D eigenvalue weighted by Crippen LogP contribution is -2.50. The number of ether oxygens (including phenoxy) is 2. The van der Waals surface area contributed by atoms with Crippen LogP contribution in [0.25, 0.3) is 0 Å². The molecule has 23 heavy (non-hydrogen) atoms. The van der Waals surface area contributed by atoms with Crippen molar-refractivity contribution in [3.8, 4) is 11.5 Å². The summed E-state index contributed by atoms with van der Waals surface area (Å²) in [6, 6.07) is 3.83. The van der Waals surface area contributed by atoms with Crippen molar-refractivity contribution in [3.63, 3.8) is 0 Å².